The third kappa shape index (κ3) is 0.937. The van der Waals surface area contributed by atoms with Crippen LogP contribution in [0, 0.1) is 0 Å². The molecule has 0 aliphatic carbocycles. The number of aromatic nitrogens is 3. The van der Waals surface area contributed by atoms with E-state index in [1.54, 1.807) is 18.0 Å². The number of pyridine rings is 1. The first-order valence-electron chi connectivity index (χ1n) is 3.45. The molecule has 0 amide bonds. The van der Waals surface area contributed by atoms with Gasteiger partial charge in [0.15, 0.2) is 0 Å². The molecule has 12 heavy (non-hydrogen) atoms. The fraction of sp³-hybridized carbons (Fsp3) is 0.143. The van der Waals surface area contributed by atoms with E-state index < -0.39 is 0 Å². The molecule has 0 saturated carbocycles. The number of nitrogens with one attached hydrogen (secondary N) is 1. The summed E-state index contributed by atoms with van der Waals surface area (Å²) in [4.78, 5) is 3.99. The quantitative estimate of drug-likeness (QED) is 0.648. The summed E-state index contributed by atoms with van der Waals surface area (Å²) in [6.07, 6.45) is 3.63. The van der Waals surface area contributed by atoms with Gasteiger partial charge in [0.1, 0.15) is 10.8 Å². The summed E-state index contributed by atoms with van der Waals surface area (Å²) in [5, 5.41) is 8.80. The molecule has 2 heterocycles. The maximum Gasteiger partial charge on any atom is 0.135 e. The SMILES string of the molecule is CSc1n[nH]c2ccnc(N)c12. The highest BCUT2D eigenvalue weighted by atomic mass is 32.2. The first-order chi connectivity index (χ1) is 5.83. The van der Waals surface area contributed by atoms with Crippen LogP contribution < -0.4 is 5.73 Å². The molecule has 0 aromatic carbocycles. The lowest BCUT2D eigenvalue weighted by Crippen LogP contribution is -1.89. The summed E-state index contributed by atoms with van der Waals surface area (Å²) in [5.74, 6) is 0.533. The predicted molar refractivity (Wildman–Crippen MR) is 50.1 cm³/mol. The van der Waals surface area contributed by atoms with Gasteiger partial charge in [-0.25, -0.2) is 4.98 Å². The van der Waals surface area contributed by atoms with Gasteiger partial charge in [-0.1, -0.05) is 0 Å². The second-order valence-corrected chi connectivity index (χ2v) is 3.15. The van der Waals surface area contributed by atoms with E-state index in [1.807, 2.05) is 12.3 Å². The fourth-order valence-electron chi connectivity index (χ4n) is 1.11. The molecule has 0 saturated heterocycles. The number of nitrogen functional groups attached to an aromatic ring is 1. The van der Waals surface area contributed by atoms with Gasteiger partial charge in [-0.3, -0.25) is 5.10 Å². The van der Waals surface area contributed by atoms with Crippen molar-refractivity contribution in [3.63, 3.8) is 0 Å². The van der Waals surface area contributed by atoms with Crippen LogP contribution in [0.25, 0.3) is 10.9 Å². The lowest BCUT2D eigenvalue weighted by Gasteiger charge is -1.94. The maximum atomic E-state index is 5.69. The summed E-state index contributed by atoms with van der Waals surface area (Å²) >= 11 is 1.56. The van der Waals surface area contributed by atoms with Crippen LogP contribution >= 0.6 is 11.8 Å². The molecule has 0 aliphatic rings. The Morgan fingerprint density at radius 3 is 3.17 bits per heavy atom. The van der Waals surface area contributed by atoms with E-state index >= 15 is 0 Å². The molecule has 2 aromatic heterocycles. The minimum absolute atomic E-state index is 0.533. The summed E-state index contributed by atoms with van der Waals surface area (Å²) in [5.41, 5.74) is 6.63. The van der Waals surface area contributed by atoms with E-state index in [0.29, 0.717) is 5.82 Å². The number of nitrogens with zero attached hydrogens (tertiary/aromatic N) is 2. The number of fused-ring (bicyclic) bond motifs is 1. The van der Waals surface area contributed by atoms with Crippen molar-refractivity contribution in [3.05, 3.63) is 12.3 Å². The predicted octanol–water partition coefficient (Wildman–Crippen LogP) is 1.26. The average molecular weight is 180 g/mol. The Kier molecular flexibility index (Phi) is 1.65. The van der Waals surface area contributed by atoms with Gasteiger partial charge in [-0.2, -0.15) is 5.10 Å². The number of rotatable bonds is 1. The van der Waals surface area contributed by atoms with Gasteiger partial charge < -0.3 is 5.73 Å². The molecule has 0 atom stereocenters. The number of hydrogen-bond donors (Lipinski definition) is 2. The monoisotopic (exact) mass is 180 g/mol. The molecule has 0 fully saturated rings. The molecule has 0 aliphatic heterocycles. The Hall–Kier alpha value is -1.23. The molecular weight excluding hydrogens is 172 g/mol. The number of hydrogen-bond acceptors (Lipinski definition) is 4. The highest BCUT2D eigenvalue weighted by Crippen LogP contribution is 2.26. The van der Waals surface area contributed by atoms with Gasteiger partial charge in [0.2, 0.25) is 0 Å². The smallest absolute Gasteiger partial charge is 0.135 e. The Morgan fingerprint density at radius 2 is 2.42 bits per heavy atom. The van der Waals surface area contributed by atoms with Gasteiger partial charge >= 0.3 is 0 Å². The van der Waals surface area contributed by atoms with Crippen molar-refractivity contribution in [2.24, 2.45) is 0 Å². The lowest BCUT2D eigenvalue weighted by molar-refractivity contribution is 1.03. The number of nitrogens with two attached hydrogens (primary N) is 1. The van der Waals surface area contributed by atoms with Crippen LogP contribution in [0.2, 0.25) is 0 Å². The fourth-order valence-corrected chi connectivity index (χ4v) is 1.67. The van der Waals surface area contributed by atoms with Crippen molar-refractivity contribution in [2.45, 2.75) is 5.03 Å². The molecule has 2 rings (SSSR count). The third-order valence-electron chi connectivity index (χ3n) is 1.67. The first-order valence-corrected chi connectivity index (χ1v) is 4.68. The van der Waals surface area contributed by atoms with E-state index in [9.17, 15) is 0 Å². The molecule has 0 spiro atoms. The zero-order valence-corrected chi connectivity index (χ0v) is 7.35. The van der Waals surface area contributed by atoms with E-state index in [1.165, 1.54) is 0 Å². The standard InChI is InChI=1S/C7H8N4S/c1-12-7-5-4(10-11-7)2-3-9-6(5)8/h2-3H,1H3,(H2,8,9)(H,10,11). The van der Waals surface area contributed by atoms with Crippen LogP contribution in [0.4, 0.5) is 5.82 Å². The van der Waals surface area contributed by atoms with Crippen molar-refractivity contribution < 1.29 is 0 Å². The molecule has 62 valence electrons. The van der Waals surface area contributed by atoms with E-state index in [0.717, 1.165) is 15.9 Å². The van der Waals surface area contributed by atoms with E-state index in [-0.39, 0.29) is 0 Å². The van der Waals surface area contributed by atoms with Gasteiger partial charge in [0.05, 0.1) is 10.9 Å². The Labute approximate surface area is 73.6 Å². The van der Waals surface area contributed by atoms with Gasteiger partial charge in [-0.15, -0.1) is 11.8 Å². The van der Waals surface area contributed by atoms with Crippen molar-refractivity contribution in [1.29, 1.82) is 0 Å². The molecule has 0 bridgehead atoms. The summed E-state index contributed by atoms with van der Waals surface area (Å²) in [6.45, 7) is 0. The van der Waals surface area contributed by atoms with Crippen molar-refractivity contribution in [2.75, 3.05) is 12.0 Å². The summed E-state index contributed by atoms with van der Waals surface area (Å²) in [7, 11) is 0. The van der Waals surface area contributed by atoms with Crippen molar-refractivity contribution in [1.82, 2.24) is 15.2 Å². The highest BCUT2D eigenvalue weighted by molar-refractivity contribution is 7.98. The van der Waals surface area contributed by atoms with Crippen molar-refractivity contribution >= 4 is 28.5 Å². The zero-order valence-electron chi connectivity index (χ0n) is 6.53. The summed E-state index contributed by atoms with van der Waals surface area (Å²) < 4.78 is 0. The second-order valence-electron chi connectivity index (χ2n) is 2.35. The number of H-pyrrole nitrogens is 1. The Bertz CT molecular complexity index is 409. The molecule has 5 heteroatoms. The van der Waals surface area contributed by atoms with Crippen LogP contribution in [0.15, 0.2) is 17.3 Å². The molecule has 4 nitrogen and oxygen atoms in total. The van der Waals surface area contributed by atoms with Crippen LogP contribution in [-0.4, -0.2) is 21.4 Å². The second kappa shape index (κ2) is 2.67. The Morgan fingerprint density at radius 1 is 1.58 bits per heavy atom. The number of thioether (sulfide) groups is 1. The molecule has 2 aromatic rings. The molecule has 3 N–H and O–H groups in total. The molecule has 0 radical (unpaired) electrons. The third-order valence-corrected chi connectivity index (χ3v) is 2.35. The minimum atomic E-state index is 0.533. The lowest BCUT2D eigenvalue weighted by atomic mass is 10.3. The van der Waals surface area contributed by atoms with Gasteiger partial charge in [0, 0.05) is 6.20 Å². The number of anilines is 1. The van der Waals surface area contributed by atoms with E-state index in [4.69, 9.17) is 5.73 Å². The maximum absolute atomic E-state index is 5.69. The van der Waals surface area contributed by atoms with Crippen LogP contribution in [-0.2, 0) is 0 Å². The zero-order chi connectivity index (χ0) is 8.55. The minimum Gasteiger partial charge on any atom is -0.383 e. The normalized spacial score (nSPS) is 10.8. The largest absolute Gasteiger partial charge is 0.383 e. The van der Waals surface area contributed by atoms with Gasteiger partial charge in [0.25, 0.3) is 0 Å². The van der Waals surface area contributed by atoms with Crippen molar-refractivity contribution in [3.8, 4) is 0 Å². The van der Waals surface area contributed by atoms with E-state index in [2.05, 4.69) is 15.2 Å². The molecule has 0 unspecified atom stereocenters. The Balaban J connectivity index is 2.83. The van der Waals surface area contributed by atoms with Crippen LogP contribution in [0.5, 0.6) is 0 Å². The number of aromatic amines is 1. The molecular formula is C7H8N4S. The van der Waals surface area contributed by atoms with Crippen LogP contribution in [0.1, 0.15) is 0 Å². The topological polar surface area (TPSA) is 67.6 Å². The summed E-state index contributed by atoms with van der Waals surface area (Å²) in [6, 6.07) is 1.86. The highest BCUT2D eigenvalue weighted by Gasteiger charge is 2.07. The first kappa shape index (κ1) is 7.42. The van der Waals surface area contributed by atoms with Gasteiger partial charge in [-0.05, 0) is 12.3 Å². The average Bonchev–Trinajstić information content (AvgIpc) is 2.49. The van der Waals surface area contributed by atoms with Crippen LogP contribution in [0.3, 0.4) is 0 Å².